The molecule has 0 aliphatic carbocycles. The van der Waals surface area contributed by atoms with Crippen molar-refractivity contribution in [2.24, 2.45) is 11.8 Å². The van der Waals surface area contributed by atoms with Gasteiger partial charge in [0.1, 0.15) is 12.0 Å². The molecule has 0 fully saturated rings. The average Bonchev–Trinajstić information content (AvgIpc) is 2.69. The summed E-state index contributed by atoms with van der Waals surface area (Å²) in [5, 5.41) is 15.1. The number of aliphatic hydroxyl groups excluding tert-OH is 1. The minimum absolute atomic E-state index is 0.132. The maximum absolute atomic E-state index is 12.8. The fraction of sp³-hybridized carbons (Fsp3) is 0.476. The predicted molar refractivity (Wildman–Crippen MR) is 104 cm³/mol. The number of hydrogen-bond acceptors (Lipinski definition) is 5. The normalized spacial score (nSPS) is 24.9. The van der Waals surface area contributed by atoms with Crippen molar-refractivity contribution in [2.75, 3.05) is 13.2 Å². The lowest BCUT2D eigenvalue weighted by Crippen LogP contribution is -2.45. The maximum Gasteiger partial charge on any atom is 0.309 e. The quantitative estimate of drug-likeness (QED) is 0.412. The molecule has 152 valence electrons. The van der Waals surface area contributed by atoms with Crippen molar-refractivity contribution in [1.82, 2.24) is 10.6 Å². The number of benzene rings is 1. The van der Waals surface area contributed by atoms with Crippen LogP contribution in [0.2, 0.25) is 0 Å². The summed E-state index contributed by atoms with van der Waals surface area (Å²) >= 11 is 0. The molecule has 1 aromatic carbocycles. The summed E-state index contributed by atoms with van der Waals surface area (Å²) < 4.78 is 5.30. The largest absolute Gasteiger partial charge is 0.461 e. The van der Waals surface area contributed by atoms with Crippen molar-refractivity contribution in [2.45, 2.75) is 38.8 Å². The smallest absolute Gasteiger partial charge is 0.309 e. The Morgan fingerprint density at radius 2 is 1.89 bits per heavy atom. The van der Waals surface area contributed by atoms with Crippen LogP contribution in [0, 0.1) is 11.8 Å². The number of rotatable bonds is 4. The first-order chi connectivity index (χ1) is 13.4. The Balaban J connectivity index is 2.12. The lowest BCUT2D eigenvalue weighted by atomic mass is 9.99. The second-order valence-electron chi connectivity index (χ2n) is 7.04. The molecule has 1 aliphatic rings. The van der Waals surface area contributed by atoms with Gasteiger partial charge in [-0.05, 0) is 25.3 Å². The molecular formula is C21H28N2O5. The maximum atomic E-state index is 12.8. The van der Waals surface area contributed by atoms with Crippen LogP contribution in [-0.4, -0.2) is 42.1 Å². The third kappa shape index (κ3) is 6.20. The van der Waals surface area contributed by atoms with E-state index in [1.54, 1.807) is 38.1 Å². The van der Waals surface area contributed by atoms with Crippen LogP contribution in [0.3, 0.4) is 0 Å². The molecule has 0 bridgehead atoms. The van der Waals surface area contributed by atoms with E-state index in [1.807, 2.05) is 18.2 Å². The zero-order valence-electron chi connectivity index (χ0n) is 16.3. The summed E-state index contributed by atoms with van der Waals surface area (Å²) in [5.74, 6) is -2.44. The molecule has 0 saturated carbocycles. The highest BCUT2D eigenvalue weighted by Gasteiger charge is 2.28. The average molecular weight is 388 g/mol. The van der Waals surface area contributed by atoms with Crippen molar-refractivity contribution in [3.63, 3.8) is 0 Å². The van der Waals surface area contributed by atoms with E-state index in [0.29, 0.717) is 6.42 Å². The van der Waals surface area contributed by atoms with Gasteiger partial charge in [-0.15, -0.1) is 0 Å². The Morgan fingerprint density at radius 3 is 2.57 bits per heavy atom. The first kappa shape index (κ1) is 21.6. The number of allylic oxidation sites excluding steroid dienone is 2. The second-order valence-corrected chi connectivity index (χ2v) is 7.04. The van der Waals surface area contributed by atoms with Crippen molar-refractivity contribution in [3.05, 3.63) is 48.0 Å². The van der Waals surface area contributed by atoms with E-state index in [-0.39, 0.29) is 31.5 Å². The first-order valence-electron chi connectivity index (χ1n) is 9.51. The number of hydrogen-bond donors (Lipinski definition) is 3. The Hall–Kier alpha value is -2.67. The van der Waals surface area contributed by atoms with E-state index in [0.717, 1.165) is 5.56 Å². The summed E-state index contributed by atoms with van der Waals surface area (Å²) in [4.78, 5) is 37.3. The SMILES string of the molecule is CC1CNC(=O)C(C(=O)N[C@@H](CO)c2ccccc2)CC=CCC(C)C(=O)O1. The van der Waals surface area contributed by atoms with Gasteiger partial charge in [0.05, 0.1) is 25.1 Å². The third-order valence-corrected chi connectivity index (χ3v) is 4.65. The van der Waals surface area contributed by atoms with E-state index < -0.39 is 29.9 Å². The van der Waals surface area contributed by atoms with Gasteiger partial charge < -0.3 is 20.5 Å². The predicted octanol–water partition coefficient (Wildman–Crippen LogP) is 1.49. The molecule has 7 nitrogen and oxygen atoms in total. The Kier molecular flexibility index (Phi) is 8.19. The van der Waals surface area contributed by atoms with Crippen molar-refractivity contribution in [1.29, 1.82) is 0 Å². The van der Waals surface area contributed by atoms with Crippen LogP contribution in [0.4, 0.5) is 0 Å². The second kappa shape index (κ2) is 10.6. The van der Waals surface area contributed by atoms with Crippen molar-refractivity contribution >= 4 is 17.8 Å². The summed E-state index contributed by atoms with van der Waals surface area (Å²) in [6.45, 7) is 3.33. The Labute approximate surface area is 165 Å². The number of carbonyl (C=O) groups excluding carboxylic acids is 3. The molecule has 0 saturated heterocycles. The van der Waals surface area contributed by atoms with Gasteiger partial charge in [0, 0.05) is 0 Å². The number of carbonyl (C=O) groups is 3. The zero-order valence-corrected chi connectivity index (χ0v) is 16.3. The molecule has 2 amide bonds. The van der Waals surface area contributed by atoms with Crippen LogP contribution >= 0.6 is 0 Å². The van der Waals surface area contributed by atoms with E-state index >= 15 is 0 Å². The number of ether oxygens (including phenoxy) is 1. The van der Waals surface area contributed by atoms with Gasteiger partial charge in [0.25, 0.3) is 0 Å². The van der Waals surface area contributed by atoms with Crippen LogP contribution in [-0.2, 0) is 19.1 Å². The molecule has 3 unspecified atom stereocenters. The molecule has 3 N–H and O–H groups in total. The minimum Gasteiger partial charge on any atom is -0.461 e. The summed E-state index contributed by atoms with van der Waals surface area (Å²) in [7, 11) is 0. The van der Waals surface area contributed by atoms with Gasteiger partial charge in [-0.1, -0.05) is 49.4 Å². The number of amides is 2. The Morgan fingerprint density at radius 1 is 1.21 bits per heavy atom. The standard InChI is InChI=1S/C21H28N2O5/c1-14-8-6-7-11-17(19(25)22-12-15(2)28-21(14)27)20(26)23-18(13-24)16-9-4-3-5-10-16/h3-7,9-10,14-15,17-18,24H,8,11-13H2,1-2H3,(H,22,25)(H,23,26)/t14?,15?,17?,18-/m0/s1. The van der Waals surface area contributed by atoms with Crippen molar-refractivity contribution in [3.8, 4) is 0 Å². The summed E-state index contributed by atoms with van der Waals surface area (Å²) in [5.41, 5.74) is 0.761. The topological polar surface area (TPSA) is 105 Å². The number of esters is 1. The lowest BCUT2D eigenvalue weighted by molar-refractivity contribution is -0.153. The minimum atomic E-state index is -0.938. The number of aliphatic hydroxyl groups is 1. The van der Waals surface area contributed by atoms with Crippen LogP contribution < -0.4 is 10.6 Å². The van der Waals surface area contributed by atoms with Crippen LogP contribution in [0.15, 0.2) is 42.5 Å². The molecule has 0 radical (unpaired) electrons. The van der Waals surface area contributed by atoms with E-state index in [2.05, 4.69) is 10.6 Å². The fourth-order valence-corrected chi connectivity index (χ4v) is 2.88. The molecular weight excluding hydrogens is 360 g/mol. The number of cyclic esters (lactones) is 1. The Bertz CT molecular complexity index is 704. The summed E-state index contributed by atoms with van der Waals surface area (Å²) in [6, 6.07) is 8.50. The van der Waals surface area contributed by atoms with Crippen LogP contribution in [0.1, 0.15) is 38.3 Å². The molecule has 7 heteroatoms. The highest BCUT2D eigenvalue weighted by atomic mass is 16.5. The molecule has 28 heavy (non-hydrogen) atoms. The zero-order chi connectivity index (χ0) is 20.5. The molecule has 1 aromatic rings. The fourth-order valence-electron chi connectivity index (χ4n) is 2.88. The highest BCUT2D eigenvalue weighted by molar-refractivity contribution is 6.00. The van der Waals surface area contributed by atoms with Gasteiger partial charge >= 0.3 is 5.97 Å². The molecule has 4 atom stereocenters. The van der Waals surface area contributed by atoms with Crippen LogP contribution in [0.5, 0.6) is 0 Å². The van der Waals surface area contributed by atoms with E-state index in [9.17, 15) is 19.5 Å². The first-order valence-corrected chi connectivity index (χ1v) is 9.51. The number of nitrogens with one attached hydrogen (secondary N) is 2. The van der Waals surface area contributed by atoms with Gasteiger partial charge in [-0.3, -0.25) is 14.4 Å². The third-order valence-electron chi connectivity index (χ3n) is 4.65. The van der Waals surface area contributed by atoms with Gasteiger partial charge in [0.15, 0.2) is 0 Å². The monoisotopic (exact) mass is 388 g/mol. The summed E-state index contributed by atoms with van der Waals surface area (Å²) in [6.07, 6.45) is 3.72. The van der Waals surface area contributed by atoms with E-state index in [4.69, 9.17) is 4.74 Å². The molecule has 1 aliphatic heterocycles. The highest BCUT2D eigenvalue weighted by Crippen LogP contribution is 2.16. The lowest BCUT2D eigenvalue weighted by Gasteiger charge is -2.22. The van der Waals surface area contributed by atoms with Crippen LogP contribution in [0.25, 0.3) is 0 Å². The molecule has 1 heterocycles. The van der Waals surface area contributed by atoms with Gasteiger partial charge in [-0.2, -0.15) is 0 Å². The van der Waals surface area contributed by atoms with Gasteiger partial charge in [0.2, 0.25) is 11.8 Å². The van der Waals surface area contributed by atoms with E-state index in [1.165, 1.54) is 0 Å². The molecule has 0 spiro atoms. The molecule has 2 rings (SSSR count). The van der Waals surface area contributed by atoms with Crippen molar-refractivity contribution < 1.29 is 24.2 Å². The molecule has 0 aromatic heterocycles. The van der Waals surface area contributed by atoms with Gasteiger partial charge in [-0.25, -0.2) is 0 Å².